The maximum Gasteiger partial charge on any atom is 0.401 e. The van der Waals surface area contributed by atoms with Gasteiger partial charge in [-0.3, -0.25) is 4.90 Å². The van der Waals surface area contributed by atoms with Gasteiger partial charge in [0.2, 0.25) is 0 Å². The Kier molecular flexibility index (Phi) is 4.50. The van der Waals surface area contributed by atoms with E-state index in [4.69, 9.17) is 5.73 Å². The molecule has 1 aromatic heterocycles. The number of thiophene rings is 1. The van der Waals surface area contributed by atoms with Crippen molar-refractivity contribution in [3.63, 3.8) is 0 Å². The molecule has 2 N–H and O–H groups in total. The fourth-order valence-corrected chi connectivity index (χ4v) is 2.74. The molecule has 2 rings (SSSR count). The van der Waals surface area contributed by atoms with Crippen LogP contribution in [0.5, 0.6) is 0 Å². The number of halogens is 3. The number of hydrogen-bond acceptors (Lipinski definition) is 3. The van der Waals surface area contributed by atoms with E-state index in [9.17, 15) is 13.2 Å². The summed E-state index contributed by atoms with van der Waals surface area (Å²) in [7, 11) is 0. The molecule has 1 aliphatic carbocycles. The fraction of sp³-hybridized carbons (Fsp3) is 0.538. The molecule has 1 saturated carbocycles. The molecule has 0 aromatic carbocycles. The molecular formula is C13H15F3N2S. The van der Waals surface area contributed by atoms with E-state index < -0.39 is 12.7 Å². The van der Waals surface area contributed by atoms with E-state index in [1.54, 1.807) is 0 Å². The minimum absolute atomic E-state index is 0.0686. The lowest BCUT2D eigenvalue weighted by Gasteiger charge is -2.22. The Hall–Kier alpha value is -1.03. The molecule has 0 amide bonds. The second-order valence-corrected chi connectivity index (χ2v) is 5.52. The van der Waals surface area contributed by atoms with Crippen LogP contribution in [0.3, 0.4) is 0 Å². The summed E-state index contributed by atoms with van der Waals surface area (Å²) in [5, 5.41) is 1.86. The molecule has 1 heterocycles. The van der Waals surface area contributed by atoms with Crippen LogP contribution in [0, 0.1) is 11.8 Å². The van der Waals surface area contributed by atoms with Crippen molar-refractivity contribution in [2.45, 2.75) is 31.6 Å². The molecule has 1 aliphatic rings. The maximum atomic E-state index is 12.5. The second-order valence-electron chi connectivity index (χ2n) is 4.51. The molecule has 0 spiro atoms. The van der Waals surface area contributed by atoms with Crippen LogP contribution in [0.1, 0.15) is 23.3 Å². The topological polar surface area (TPSA) is 29.3 Å². The lowest BCUT2D eigenvalue weighted by molar-refractivity contribution is -0.148. The Morgan fingerprint density at radius 1 is 1.42 bits per heavy atom. The van der Waals surface area contributed by atoms with Crippen molar-refractivity contribution in [2.75, 3.05) is 13.1 Å². The first kappa shape index (κ1) is 14.4. The molecule has 0 saturated heterocycles. The van der Waals surface area contributed by atoms with E-state index in [0.29, 0.717) is 6.54 Å². The van der Waals surface area contributed by atoms with Gasteiger partial charge < -0.3 is 5.73 Å². The number of alkyl halides is 3. The number of rotatable bonds is 4. The Morgan fingerprint density at radius 2 is 2.16 bits per heavy atom. The van der Waals surface area contributed by atoms with Gasteiger partial charge in [-0.1, -0.05) is 11.8 Å². The predicted octanol–water partition coefficient (Wildman–Crippen LogP) is 2.59. The summed E-state index contributed by atoms with van der Waals surface area (Å²) in [5.74, 6) is 5.65. The zero-order valence-corrected chi connectivity index (χ0v) is 11.2. The smallest absolute Gasteiger partial charge is 0.320 e. The molecule has 1 aromatic rings. The minimum Gasteiger partial charge on any atom is -0.320 e. The quantitative estimate of drug-likeness (QED) is 0.863. The fourth-order valence-electron chi connectivity index (χ4n) is 1.89. The van der Waals surface area contributed by atoms with Gasteiger partial charge >= 0.3 is 6.18 Å². The van der Waals surface area contributed by atoms with Crippen molar-refractivity contribution >= 4 is 11.3 Å². The standard InChI is InChI=1S/C13H15F3N2S/c14-13(15,16)9-18(11-3-4-11)8-12-10(2-1-6-17)5-7-19-12/h5,7,11H,3-4,6,8-9,17H2. The van der Waals surface area contributed by atoms with Crippen molar-refractivity contribution in [3.05, 3.63) is 21.9 Å². The monoisotopic (exact) mass is 288 g/mol. The summed E-state index contributed by atoms with van der Waals surface area (Å²) in [6.07, 6.45) is -2.44. The number of nitrogens with two attached hydrogens (primary N) is 1. The van der Waals surface area contributed by atoms with Crippen LogP contribution in [-0.2, 0) is 6.54 Å². The van der Waals surface area contributed by atoms with E-state index in [0.717, 1.165) is 23.3 Å². The third-order valence-corrected chi connectivity index (χ3v) is 3.77. The molecule has 1 fully saturated rings. The zero-order valence-electron chi connectivity index (χ0n) is 10.3. The lowest BCUT2D eigenvalue weighted by atomic mass is 10.2. The summed E-state index contributed by atoms with van der Waals surface area (Å²) < 4.78 is 37.6. The van der Waals surface area contributed by atoms with Crippen LogP contribution in [0.15, 0.2) is 11.4 Å². The van der Waals surface area contributed by atoms with Crippen molar-refractivity contribution in [1.29, 1.82) is 0 Å². The summed E-state index contributed by atoms with van der Waals surface area (Å²) in [6, 6.07) is 1.90. The van der Waals surface area contributed by atoms with Crippen molar-refractivity contribution in [1.82, 2.24) is 4.90 Å². The van der Waals surface area contributed by atoms with Gasteiger partial charge in [-0.2, -0.15) is 13.2 Å². The van der Waals surface area contributed by atoms with E-state index in [1.807, 2.05) is 11.4 Å². The van der Waals surface area contributed by atoms with E-state index in [1.165, 1.54) is 16.2 Å². The highest BCUT2D eigenvalue weighted by Crippen LogP contribution is 2.32. The van der Waals surface area contributed by atoms with Crippen LogP contribution in [0.2, 0.25) is 0 Å². The summed E-state index contributed by atoms with van der Waals surface area (Å²) in [4.78, 5) is 2.39. The second kappa shape index (κ2) is 5.95. The molecule has 6 heteroatoms. The molecule has 104 valence electrons. The van der Waals surface area contributed by atoms with E-state index in [2.05, 4.69) is 11.8 Å². The largest absolute Gasteiger partial charge is 0.401 e. The molecule has 0 radical (unpaired) electrons. The highest BCUT2D eigenvalue weighted by molar-refractivity contribution is 7.10. The number of nitrogens with zero attached hydrogens (tertiary/aromatic N) is 1. The molecular weight excluding hydrogens is 273 g/mol. The van der Waals surface area contributed by atoms with Gasteiger partial charge in [0.15, 0.2) is 0 Å². The third kappa shape index (κ3) is 4.53. The normalized spacial score (nSPS) is 15.4. The van der Waals surface area contributed by atoms with E-state index >= 15 is 0 Å². The van der Waals surface area contributed by atoms with Crippen LogP contribution < -0.4 is 5.73 Å². The lowest BCUT2D eigenvalue weighted by Crippen LogP contribution is -2.35. The summed E-state index contributed by atoms with van der Waals surface area (Å²) in [5.41, 5.74) is 6.10. The minimum atomic E-state index is -4.15. The number of hydrogen-bond donors (Lipinski definition) is 1. The molecule has 2 nitrogen and oxygen atoms in total. The first-order valence-corrected chi connectivity index (χ1v) is 6.93. The van der Waals surface area contributed by atoms with Gasteiger partial charge in [0, 0.05) is 23.0 Å². The van der Waals surface area contributed by atoms with Crippen LogP contribution in [0.4, 0.5) is 13.2 Å². The summed E-state index contributed by atoms with van der Waals surface area (Å²) >= 11 is 1.45. The van der Waals surface area contributed by atoms with Crippen molar-refractivity contribution < 1.29 is 13.2 Å². The Bertz CT molecular complexity index is 480. The van der Waals surface area contributed by atoms with E-state index in [-0.39, 0.29) is 12.6 Å². The van der Waals surface area contributed by atoms with Crippen LogP contribution in [-0.4, -0.2) is 30.2 Å². The first-order valence-electron chi connectivity index (χ1n) is 6.05. The molecule has 19 heavy (non-hydrogen) atoms. The molecule has 0 atom stereocenters. The summed E-state index contributed by atoms with van der Waals surface area (Å²) in [6.45, 7) is -0.278. The van der Waals surface area contributed by atoms with Crippen molar-refractivity contribution in [2.24, 2.45) is 5.73 Å². The zero-order chi connectivity index (χ0) is 13.9. The maximum absolute atomic E-state index is 12.5. The van der Waals surface area contributed by atoms with Gasteiger partial charge in [0.05, 0.1) is 13.1 Å². The highest BCUT2D eigenvalue weighted by Gasteiger charge is 2.38. The highest BCUT2D eigenvalue weighted by atomic mass is 32.1. The van der Waals surface area contributed by atoms with Crippen LogP contribution in [0.25, 0.3) is 0 Å². The van der Waals surface area contributed by atoms with Gasteiger partial charge in [-0.05, 0) is 24.3 Å². The van der Waals surface area contributed by atoms with Gasteiger partial charge in [-0.25, -0.2) is 0 Å². The van der Waals surface area contributed by atoms with Crippen LogP contribution >= 0.6 is 11.3 Å². The molecule has 0 bridgehead atoms. The Morgan fingerprint density at radius 3 is 2.74 bits per heavy atom. The first-order chi connectivity index (χ1) is 8.99. The predicted molar refractivity (Wildman–Crippen MR) is 69.7 cm³/mol. The van der Waals surface area contributed by atoms with Gasteiger partial charge in [0.1, 0.15) is 0 Å². The van der Waals surface area contributed by atoms with Gasteiger partial charge in [0.25, 0.3) is 0 Å². The molecule has 0 aliphatic heterocycles. The van der Waals surface area contributed by atoms with Gasteiger partial charge in [-0.15, -0.1) is 11.3 Å². The third-order valence-electron chi connectivity index (χ3n) is 2.86. The molecule has 0 unspecified atom stereocenters. The Balaban J connectivity index is 2.07. The van der Waals surface area contributed by atoms with Crippen molar-refractivity contribution in [3.8, 4) is 11.8 Å². The average molecular weight is 288 g/mol. The SMILES string of the molecule is NCC#Cc1ccsc1CN(CC(F)(F)F)C1CC1. The Labute approximate surface area is 114 Å². The average Bonchev–Trinajstić information content (AvgIpc) is 3.07.